The van der Waals surface area contributed by atoms with Gasteiger partial charge < -0.3 is 14.8 Å². The van der Waals surface area contributed by atoms with E-state index < -0.39 is 10.0 Å². The largest absolute Gasteiger partial charge is 0.454 e. The molecule has 1 aliphatic rings. The maximum Gasteiger partial charge on any atom is 0.232 e. The molecule has 3 aromatic rings. The average molecular weight is 495 g/mol. The quantitative estimate of drug-likeness (QED) is 0.507. The Balaban J connectivity index is 1.34. The van der Waals surface area contributed by atoms with Crippen molar-refractivity contribution in [1.29, 1.82) is 0 Å². The van der Waals surface area contributed by atoms with E-state index in [-0.39, 0.29) is 25.7 Å². The van der Waals surface area contributed by atoms with Crippen LogP contribution in [0.1, 0.15) is 12.8 Å². The Kier molecular flexibility index (Phi) is 6.49. The maximum atomic E-state index is 12.3. The number of hydrogen-bond acceptors (Lipinski definition) is 8. The first kappa shape index (κ1) is 22.3. The summed E-state index contributed by atoms with van der Waals surface area (Å²) < 4.78 is 36.4. The van der Waals surface area contributed by atoms with E-state index in [0.717, 1.165) is 11.8 Å². The number of fused-ring (bicyclic) bond motifs is 1. The van der Waals surface area contributed by atoms with Crippen LogP contribution in [0.5, 0.6) is 11.5 Å². The molecule has 32 heavy (non-hydrogen) atoms. The molecule has 1 aromatic heterocycles. The topological polar surface area (TPSA) is 111 Å². The van der Waals surface area contributed by atoms with Crippen molar-refractivity contribution in [3.05, 3.63) is 47.5 Å². The first-order chi connectivity index (χ1) is 15.3. The van der Waals surface area contributed by atoms with Crippen molar-refractivity contribution in [2.75, 3.05) is 29.2 Å². The lowest BCUT2D eigenvalue weighted by molar-refractivity contribution is -0.116. The van der Waals surface area contributed by atoms with Crippen molar-refractivity contribution in [3.63, 3.8) is 0 Å². The van der Waals surface area contributed by atoms with E-state index in [0.29, 0.717) is 38.8 Å². The monoisotopic (exact) mass is 494 g/mol. The zero-order valence-electron chi connectivity index (χ0n) is 16.9. The van der Waals surface area contributed by atoms with Gasteiger partial charge in [-0.3, -0.25) is 9.10 Å². The van der Waals surface area contributed by atoms with Crippen LogP contribution < -0.4 is 19.1 Å². The highest BCUT2D eigenvalue weighted by Gasteiger charge is 2.21. The molecular formula is C20H19ClN4O5S2. The van der Waals surface area contributed by atoms with Crippen LogP contribution in [-0.2, 0) is 14.8 Å². The number of benzene rings is 2. The number of rotatable bonds is 8. The smallest absolute Gasteiger partial charge is 0.232 e. The van der Waals surface area contributed by atoms with Crippen LogP contribution in [0, 0.1) is 0 Å². The standard InChI is InChI=1S/C20H19ClN4O5S2/c1-32(27,28)25(15-8-9-16-17(11-15)30-12-29-16)10-2-3-18(26)22-20-24-23-19(31-20)13-4-6-14(21)7-5-13/h4-9,11H,2-3,10,12H2,1H3,(H,22,24,26). The Labute approximate surface area is 194 Å². The Hall–Kier alpha value is -2.89. The molecule has 0 atom stereocenters. The highest BCUT2D eigenvalue weighted by Crippen LogP contribution is 2.36. The molecule has 1 aliphatic heterocycles. The minimum Gasteiger partial charge on any atom is -0.454 e. The molecule has 12 heteroatoms. The summed E-state index contributed by atoms with van der Waals surface area (Å²) in [5.41, 5.74) is 1.30. The van der Waals surface area contributed by atoms with E-state index in [2.05, 4.69) is 15.5 Å². The van der Waals surface area contributed by atoms with Crippen LogP contribution in [0.2, 0.25) is 5.02 Å². The van der Waals surface area contributed by atoms with Crippen LogP contribution in [-0.4, -0.2) is 44.1 Å². The van der Waals surface area contributed by atoms with Gasteiger partial charge in [0.15, 0.2) is 11.5 Å². The zero-order valence-corrected chi connectivity index (χ0v) is 19.3. The maximum absolute atomic E-state index is 12.3. The number of aromatic nitrogens is 2. The Morgan fingerprint density at radius 3 is 2.66 bits per heavy atom. The van der Waals surface area contributed by atoms with E-state index in [1.807, 2.05) is 12.1 Å². The van der Waals surface area contributed by atoms with E-state index in [1.165, 1.54) is 15.6 Å². The average Bonchev–Trinajstić information content (AvgIpc) is 3.40. The summed E-state index contributed by atoms with van der Waals surface area (Å²) in [7, 11) is -3.55. The molecule has 1 amide bonds. The zero-order chi connectivity index (χ0) is 22.7. The first-order valence-electron chi connectivity index (χ1n) is 9.56. The number of nitrogens with zero attached hydrogens (tertiary/aromatic N) is 3. The molecule has 0 aliphatic carbocycles. The van der Waals surface area contributed by atoms with Gasteiger partial charge in [0.2, 0.25) is 27.9 Å². The lowest BCUT2D eigenvalue weighted by Crippen LogP contribution is -2.31. The van der Waals surface area contributed by atoms with Crippen molar-refractivity contribution in [2.24, 2.45) is 0 Å². The van der Waals surface area contributed by atoms with Gasteiger partial charge in [-0.2, -0.15) is 0 Å². The molecule has 9 nitrogen and oxygen atoms in total. The number of carbonyl (C=O) groups is 1. The number of carbonyl (C=O) groups excluding carboxylic acids is 1. The molecule has 0 saturated heterocycles. The van der Waals surface area contributed by atoms with Gasteiger partial charge in [0, 0.05) is 29.6 Å². The van der Waals surface area contributed by atoms with Crippen molar-refractivity contribution in [2.45, 2.75) is 12.8 Å². The van der Waals surface area contributed by atoms with Gasteiger partial charge in [-0.25, -0.2) is 8.42 Å². The first-order valence-corrected chi connectivity index (χ1v) is 12.6. The van der Waals surface area contributed by atoms with Gasteiger partial charge in [-0.05, 0) is 30.7 Å². The molecule has 2 aromatic carbocycles. The van der Waals surface area contributed by atoms with Gasteiger partial charge >= 0.3 is 0 Å². The lowest BCUT2D eigenvalue weighted by Gasteiger charge is -2.22. The molecule has 0 bridgehead atoms. The van der Waals surface area contributed by atoms with E-state index in [9.17, 15) is 13.2 Å². The predicted molar refractivity (Wildman–Crippen MR) is 123 cm³/mol. The highest BCUT2D eigenvalue weighted by molar-refractivity contribution is 7.92. The molecule has 0 unspecified atom stereocenters. The third-order valence-corrected chi connectivity index (χ3v) is 6.91. The predicted octanol–water partition coefficient (Wildman–Crippen LogP) is 3.77. The number of ether oxygens (including phenoxy) is 2. The molecule has 1 N–H and O–H groups in total. The van der Waals surface area contributed by atoms with Crippen molar-refractivity contribution in [3.8, 4) is 22.1 Å². The summed E-state index contributed by atoms with van der Waals surface area (Å²) in [5, 5.41) is 12.4. The van der Waals surface area contributed by atoms with E-state index in [4.69, 9.17) is 21.1 Å². The van der Waals surface area contributed by atoms with Crippen molar-refractivity contribution in [1.82, 2.24) is 10.2 Å². The van der Waals surface area contributed by atoms with Gasteiger partial charge in [0.25, 0.3) is 0 Å². The summed E-state index contributed by atoms with van der Waals surface area (Å²) in [6.07, 6.45) is 1.56. The molecule has 0 radical (unpaired) electrons. The fraction of sp³-hybridized carbons (Fsp3) is 0.250. The molecule has 0 saturated carbocycles. The Morgan fingerprint density at radius 2 is 1.91 bits per heavy atom. The normalized spacial score (nSPS) is 12.6. The van der Waals surface area contributed by atoms with Gasteiger partial charge in [0.1, 0.15) is 5.01 Å². The lowest BCUT2D eigenvalue weighted by atomic mass is 10.2. The number of hydrogen-bond donors (Lipinski definition) is 1. The fourth-order valence-electron chi connectivity index (χ4n) is 3.07. The summed E-state index contributed by atoms with van der Waals surface area (Å²) in [6, 6.07) is 12.1. The summed E-state index contributed by atoms with van der Waals surface area (Å²) >= 11 is 7.14. The van der Waals surface area contributed by atoms with Crippen LogP contribution >= 0.6 is 22.9 Å². The minimum absolute atomic E-state index is 0.100. The fourth-order valence-corrected chi connectivity index (χ4v) is 4.92. The van der Waals surface area contributed by atoms with Crippen LogP contribution in [0.25, 0.3) is 10.6 Å². The van der Waals surface area contributed by atoms with Gasteiger partial charge in [0.05, 0.1) is 11.9 Å². The van der Waals surface area contributed by atoms with Gasteiger partial charge in [-0.15, -0.1) is 10.2 Å². The molecule has 0 fully saturated rings. The van der Waals surface area contributed by atoms with Crippen molar-refractivity contribution >= 4 is 49.7 Å². The summed E-state index contributed by atoms with van der Waals surface area (Å²) in [4.78, 5) is 12.3. The molecule has 0 spiro atoms. The second-order valence-electron chi connectivity index (χ2n) is 6.94. The molecule has 4 rings (SSSR count). The van der Waals surface area contributed by atoms with Crippen LogP contribution in [0.4, 0.5) is 10.8 Å². The second kappa shape index (κ2) is 9.31. The number of anilines is 2. The Morgan fingerprint density at radius 1 is 1.16 bits per heavy atom. The van der Waals surface area contributed by atoms with Crippen LogP contribution in [0.3, 0.4) is 0 Å². The molecule has 168 valence electrons. The molecular weight excluding hydrogens is 476 g/mol. The highest BCUT2D eigenvalue weighted by atomic mass is 35.5. The third kappa shape index (κ3) is 5.29. The van der Waals surface area contributed by atoms with Crippen LogP contribution in [0.15, 0.2) is 42.5 Å². The van der Waals surface area contributed by atoms with E-state index in [1.54, 1.807) is 30.3 Å². The number of sulfonamides is 1. The number of amides is 1. The van der Waals surface area contributed by atoms with Crippen molar-refractivity contribution < 1.29 is 22.7 Å². The second-order valence-corrected chi connectivity index (χ2v) is 10.3. The SMILES string of the molecule is CS(=O)(=O)N(CCCC(=O)Nc1nnc(-c2ccc(Cl)cc2)s1)c1ccc2c(c1)OCO2. The molecule has 2 heterocycles. The van der Waals surface area contributed by atoms with Gasteiger partial charge in [-0.1, -0.05) is 35.1 Å². The van der Waals surface area contributed by atoms with E-state index >= 15 is 0 Å². The summed E-state index contributed by atoms with van der Waals surface area (Å²) in [6.45, 7) is 0.237. The number of halogens is 1. The summed E-state index contributed by atoms with van der Waals surface area (Å²) in [5.74, 6) is 0.779. The number of nitrogens with one attached hydrogen (secondary N) is 1. The third-order valence-electron chi connectivity index (χ3n) is 4.57. The minimum atomic E-state index is -3.55. The Bertz CT molecular complexity index is 1230.